The van der Waals surface area contributed by atoms with Crippen LogP contribution in [0.5, 0.6) is 0 Å². The van der Waals surface area contributed by atoms with Crippen LogP contribution in [0.1, 0.15) is 19.3 Å². The normalized spacial score (nSPS) is 25.2. The molecule has 5 nitrogen and oxygen atoms in total. The molecule has 2 heterocycles. The Hall–Kier alpha value is -1.53. The molecule has 0 saturated carbocycles. The van der Waals surface area contributed by atoms with Crippen LogP contribution in [0.4, 0.5) is 5.69 Å². The predicted molar refractivity (Wildman–Crippen MR) is 93.7 cm³/mol. The molecular weight excluding hydrogens is 310 g/mol. The van der Waals surface area contributed by atoms with Gasteiger partial charge < -0.3 is 15.5 Å². The van der Waals surface area contributed by atoms with Gasteiger partial charge in [0.15, 0.2) is 0 Å². The van der Waals surface area contributed by atoms with Crippen molar-refractivity contribution in [3.05, 3.63) is 30.3 Å². The first-order valence-corrected chi connectivity index (χ1v) is 9.36. The number of rotatable bonds is 4. The SMILES string of the molecule is O=C(CC1CSCCN1)NC1CCCN(c2ccccc2)C1=O. The van der Waals surface area contributed by atoms with Gasteiger partial charge >= 0.3 is 0 Å². The molecule has 2 aliphatic heterocycles. The van der Waals surface area contributed by atoms with Crippen LogP contribution in [-0.2, 0) is 9.59 Å². The molecule has 2 fully saturated rings. The number of para-hydroxylation sites is 1. The Morgan fingerprint density at radius 1 is 1.35 bits per heavy atom. The molecule has 2 aliphatic rings. The molecule has 6 heteroatoms. The molecule has 2 saturated heterocycles. The zero-order valence-electron chi connectivity index (χ0n) is 13.2. The highest BCUT2D eigenvalue weighted by molar-refractivity contribution is 7.99. The molecule has 0 aromatic heterocycles. The summed E-state index contributed by atoms with van der Waals surface area (Å²) in [6.45, 7) is 1.67. The predicted octanol–water partition coefficient (Wildman–Crippen LogP) is 1.39. The third-order valence-electron chi connectivity index (χ3n) is 4.27. The Bertz CT molecular complexity index is 546. The molecule has 23 heavy (non-hydrogen) atoms. The second kappa shape index (κ2) is 7.84. The lowest BCUT2D eigenvalue weighted by Gasteiger charge is -2.33. The molecule has 0 aliphatic carbocycles. The summed E-state index contributed by atoms with van der Waals surface area (Å²) in [6, 6.07) is 9.49. The van der Waals surface area contributed by atoms with E-state index < -0.39 is 6.04 Å². The van der Waals surface area contributed by atoms with Gasteiger partial charge in [0.1, 0.15) is 6.04 Å². The largest absolute Gasteiger partial charge is 0.344 e. The van der Waals surface area contributed by atoms with Crippen molar-refractivity contribution < 1.29 is 9.59 Å². The van der Waals surface area contributed by atoms with Crippen LogP contribution in [-0.4, -0.2) is 48.5 Å². The van der Waals surface area contributed by atoms with Crippen LogP contribution in [0, 0.1) is 0 Å². The molecule has 1 aromatic rings. The highest BCUT2D eigenvalue weighted by Gasteiger charge is 2.31. The zero-order chi connectivity index (χ0) is 16.1. The van der Waals surface area contributed by atoms with E-state index in [2.05, 4.69) is 10.6 Å². The number of hydrogen-bond acceptors (Lipinski definition) is 4. The maximum Gasteiger partial charge on any atom is 0.249 e. The summed E-state index contributed by atoms with van der Waals surface area (Å²) >= 11 is 1.87. The van der Waals surface area contributed by atoms with E-state index in [1.807, 2.05) is 42.1 Å². The van der Waals surface area contributed by atoms with Crippen molar-refractivity contribution in [2.45, 2.75) is 31.3 Å². The molecule has 0 radical (unpaired) electrons. The molecule has 2 amide bonds. The Kier molecular flexibility index (Phi) is 5.56. The number of nitrogens with zero attached hydrogens (tertiary/aromatic N) is 1. The minimum atomic E-state index is -0.396. The van der Waals surface area contributed by atoms with Gasteiger partial charge in [0.25, 0.3) is 0 Å². The monoisotopic (exact) mass is 333 g/mol. The van der Waals surface area contributed by atoms with Gasteiger partial charge in [-0.1, -0.05) is 18.2 Å². The number of benzene rings is 1. The second-order valence-electron chi connectivity index (χ2n) is 6.02. The van der Waals surface area contributed by atoms with Gasteiger partial charge in [-0.25, -0.2) is 0 Å². The Balaban J connectivity index is 1.57. The molecule has 124 valence electrons. The molecule has 2 atom stereocenters. The Morgan fingerprint density at radius 3 is 2.91 bits per heavy atom. The highest BCUT2D eigenvalue weighted by atomic mass is 32.2. The van der Waals surface area contributed by atoms with Gasteiger partial charge in [0.05, 0.1) is 0 Å². The third-order valence-corrected chi connectivity index (χ3v) is 5.40. The summed E-state index contributed by atoms with van der Waals surface area (Å²) in [5.74, 6) is 2.04. The van der Waals surface area contributed by atoms with Crippen LogP contribution in [0.3, 0.4) is 0 Å². The lowest BCUT2D eigenvalue weighted by atomic mass is 10.0. The van der Waals surface area contributed by atoms with E-state index in [0.717, 1.165) is 43.1 Å². The van der Waals surface area contributed by atoms with Gasteiger partial charge in [-0.05, 0) is 25.0 Å². The van der Waals surface area contributed by atoms with Crippen molar-refractivity contribution in [1.82, 2.24) is 10.6 Å². The number of carbonyl (C=O) groups excluding carboxylic acids is 2. The second-order valence-corrected chi connectivity index (χ2v) is 7.17. The van der Waals surface area contributed by atoms with Crippen molar-refractivity contribution in [1.29, 1.82) is 0 Å². The summed E-state index contributed by atoms with van der Waals surface area (Å²) in [7, 11) is 0. The van der Waals surface area contributed by atoms with Gasteiger partial charge in [-0.3, -0.25) is 9.59 Å². The summed E-state index contributed by atoms with van der Waals surface area (Å²) in [5.41, 5.74) is 0.904. The molecule has 0 bridgehead atoms. The molecule has 3 rings (SSSR count). The summed E-state index contributed by atoms with van der Waals surface area (Å²) in [6.07, 6.45) is 2.08. The zero-order valence-corrected chi connectivity index (χ0v) is 14.0. The van der Waals surface area contributed by atoms with Crippen LogP contribution >= 0.6 is 11.8 Å². The van der Waals surface area contributed by atoms with E-state index >= 15 is 0 Å². The van der Waals surface area contributed by atoms with E-state index in [-0.39, 0.29) is 17.9 Å². The summed E-state index contributed by atoms with van der Waals surface area (Å²) in [5, 5.41) is 6.29. The minimum Gasteiger partial charge on any atom is -0.344 e. The molecule has 0 spiro atoms. The van der Waals surface area contributed by atoms with Crippen molar-refractivity contribution in [2.24, 2.45) is 0 Å². The van der Waals surface area contributed by atoms with Crippen molar-refractivity contribution in [3.63, 3.8) is 0 Å². The van der Waals surface area contributed by atoms with Gasteiger partial charge in [-0.2, -0.15) is 11.8 Å². The average molecular weight is 333 g/mol. The smallest absolute Gasteiger partial charge is 0.249 e. The number of amides is 2. The Morgan fingerprint density at radius 2 is 2.17 bits per heavy atom. The maximum absolute atomic E-state index is 12.6. The highest BCUT2D eigenvalue weighted by Crippen LogP contribution is 2.21. The first-order chi connectivity index (χ1) is 11.2. The fourth-order valence-corrected chi connectivity index (χ4v) is 4.05. The molecule has 2 N–H and O–H groups in total. The van der Waals surface area contributed by atoms with Crippen molar-refractivity contribution in [2.75, 3.05) is 29.5 Å². The third kappa shape index (κ3) is 4.26. The Labute approximate surface area is 141 Å². The number of carbonyl (C=O) groups is 2. The number of hydrogen-bond donors (Lipinski definition) is 2. The van der Waals surface area contributed by atoms with Crippen LogP contribution in [0.25, 0.3) is 0 Å². The quantitative estimate of drug-likeness (QED) is 0.874. The topological polar surface area (TPSA) is 61.4 Å². The van der Waals surface area contributed by atoms with Crippen LogP contribution in [0.2, 0.25) is 0 Å². The molecule has 2 unspecified atom stereocenters. The standard InChI is InChI=1S/C17H23N3O2S/c21-16(11-13-12-23-10-8-18-13)19-15-7-4-9-20(17(15)22)14-5-2-1-3-6-14/h1-3,5-6,13,15,18H,4,7-12H2,(H,19,21). The van der Waals surface area contributed by atoms with Crippen LogP contribution < -0.4 is 15.5 Å². The maximum atomic E-state index is 12.6. The summed E-state index contributed by atoms with van der Waals surface area (Å²) in [4.78, 5) is 26.7. The number of thioether (sulfide) groups is 1. The van der Waals surface area contributed by atoms with E-state index in [4.69, 9.17) is 0 Å². The van der Waals surface area contributed by atoms with Crippen LogP contribution in [0.15, 0.2) is 30.3 Å². The van der Waals surface area contributed by atoms with Crippen molar-refractivity contribution >= 4 is 29.3 Å². The lowest BCUT2D eigenvalue weighted by molar-refractivity contribution is -0.128. The fraction of sp³-hybridized carbons (Fsp3) is 0.529. The number of anilines is 1. The minimum absolute atomic E-state index is 0.00165. The van der Waals surface area contributed by atoms with E-state index in [1.54, 1.807) is 4.90 Å². The average Bonchev–Trinajstić information content (AvgIpc) is 2.58. The van der Waals surface area contributed by atoms with Gasteiger partial charge in [-0.15, -0.1) is 0 Å². The van der Waals surface area contributed by atoms with Crippen molar-refractivity contribution in [3.8, 4) is 0 Å². The number of nitrogens with one attached hydrogen (secondary N) is 2. The van der Waals surface area contributed by atoms with E-state index in [9.17, 15) is 9.59 Å². The molecule has 1 aromatic carbocycles. The number of piperidine rings is 1. The molecular formula is C17H23N3O2S. The van der Waals surface area contributed by atoms with E-state index in [0.29, 0.717) is 6.42 Å². The first kappa shape index (κ1) is 16.3. The summed E-state index contributed by atoms with van der Waals surface area (Å²) < 4.78 is 0. The fourth-order valence-electron chi connectivity index (χ4n) is 3.10. The first-order valence-electron chi connectivity index (χ1n) is 8.21. The lowest BCUT2D eigenvalue weighted by Crippen LogP contribution is -2.53. The van der Waals surface area contributed by atoms with E-state index in [1.165, 1.54) is 0 Å². The van der Waals surface area contributed by atoms with Gasteiger partial charge in [0.2, 0.25) is 11.8 Å². The van der Waals surface area contributed by atoms with Gasteiger partial charge in [0, 0.05) is 42.7 Å².